The van der Waals surface area contributed by atoms with Gasteiger partial charge < -0.3 is 10.1 Å². The predicted octanol–water partition coefficient (Wildman–Crippen LogP) is 2.05. The number of nitrogens with one attached hydrogen (secondary N) is 1. The summed E-state index contributed by atoms with van der Waals surface area (Å²) in [5.41, 5.74) is 1.46. The van der Waals surface area contributed by atoms with Crippen molar-refractivity contribution in [2.24, 2.45) is 0 Å². The van der Waals surface area contributed by atoms with Gasteiger partial charge in [-0.05, 0) is 41.4 Å². The Morgan fingerprint density at radius 2 is 2.06 bits per heavy atom. The first kappa shape index (κ1) is 13.7. The topological polar surface area (TPSA) is 55.4 Å². The zero-order valence-corrected chi connectivity index (χ0v) is 11.5. The minimum atomic E-state index is -0.667. The average Bonchev–Trinajstić information content (AvgIpc) is 2.31. The third-order valence-electron chi connectivity index (χ3n) is 2.34. The van der Waals surface area contributed by atoms with Crippen LogP contribution in [0.2, 0.25) is 0 Å². The predicted molar refractivity (Wildman–Crippen MR) is 67.8 cm³/mol. The highest BCUT2D eigenvalue weighted by Gasteiger charge is 2.18. The molecule has 5 heteroatoms. The molecule has 0 aliphatic heterocycles. The van der Waals surface area contributed by atoms with Gasteiger partial charge in [0.1, 0.15) is 6.04 Å². The fourth-order valence-corrected chi connectivity index (χ4v) is 1.78. The molecule has 0 spiro atoms. The quantitative estimate of drug-likeness (QED) is 0.869. The van der Waals surface area contributed by atoms with E-state index in [2.05, 4.69) is 26.0 Å². The molecule has 0 radical (unpaired) electrons. The first-order valence-corrected chi connectivity index (χ1v) is 5.90. The van der Waals surface area contributed by atoms with Crippen LogP contribution in [0.25, 0.3) is 0 Å². The standard InChI is InChI=1S/C12H14BrNO3/c1-7-5-4-6-9(10(7)13)11(15)14-8(2)12(16)17-3/h4-6,8H,1-3H3,(H,14,15)/t8-/m0/s1. The van der Waals surface area contributed by atoms with Crippen LogP contribution in [0.4, 0.5) is 0 Å². The molecule has 4 nitrogen and oxygen atoms in total. The summed E-state index contributed by atoms with van der Waals surface area (Å²) in [6.07, 6.45) is 0. The number of rotatable bonds is 3. The third kappa shape index (κ3) is 3.30. The van der Waals surface area contributed by atoms with Gasteiger partial charge in [0.15, 0.2) is 0 Å². The monoisotopic (exact) mass is 299 g/mol. The molecule has 0 aromatic heterocycles. The van der Waals surface area contributed by atoms with Gasteiger partial charge in [0.05, 0.1) is 12.7 Å². The van der Waals surface area contributed by atoms with Crippen LogP contribution in [-0.2, 0) is 9.53 Å². The zero-order valence-electron chi connectivity index (χ0n) is 9.91. The Labute approximate surface area is 108 Å². The molecule has 1 atom stereocenters. The summed E-state index contributed by atoms with van der Waals surface area (Å²) in [6, 6.07) is 4.71. The summed E-state index contributed by atoms with van der Waals surface area (Å²) < 4.78 is 5.27. The number of ether oxygens (including phenoxy) is 1. The summed E-state index contributed by atoms with van der Waals surface area (Å²) in [4.78, 5) is 23.1. The molecule has 0 heterocycles. The van der Waals surface area contributed by atoms with Gasteiger partial charge in [0.25, 0.3) is 5.91 Å². The third-order valence-corrected chi connectivity index (χ3v) is 3.39. The number of methoxy groups -OCH3 is 1. The van der Waals surface area contributed by atoms with E-state index < -0.39 is 12.0 Å². The van der Waals surface area contributed by atoms with Gasteiger partial charge in [0, 0.05) is 4.47 Å². The van der Waals surface area contributed by atoms with Crippen molar-refractivity contribution in [1.82, 2.24) is 5.32 Å². The second kappa shape index (κ2) is 5.82. The molecular formula is C12H14BrNO3. The first-order chi connectivity index (χ1) is 7.97. The van der Waals surface area contributed by atoms with E-state index in [4.69, 9.17) is 0 Å². The Bertz CT molecular complexity index is 445. The van der Waals surface area contributed by atoms with Crippen LogP contribution in [-0.4, -0.2) is 25.0 Å². The number of hydrogen-bond donors (Lipinski definition) is 1. The minimum absolute atomic E-state index is 0.307. The maximum absolute atomic E-state index is 11.9. The van der Waals surface area contributed by atoms with Gasteiger partial charge in [-0.15, -0.1) is 0 Å². The smallest absolute Gasteiger partial charge is 0.328 e. The number of hydrogen-bond acceptors (Lipinski definition) is 3. The molecule has 0 aliphatic carbocycles. The summed E-state index contributed by atoms with van der Waals surface area (Å²) in [7, 11) is 1.29. The lowest BCUT2D eigenvalue weighted by atomic mass is 10.1. The molecule has 1 amide bonds. The van der Waals surface area contributed by atoms with Gasteiger partial charge in [-0.2, -0.15) is 0 Å². The second-order valence-electron chi connectivity index (χ2n) is 3.65. The number of esters is 1. The Kier molecular flexibility index (Phi) is 4.69. The largest absolute Gasteiger partial charge is 0.467 e. The average molecular weight is 300 g/mol. The highest BCUT2D eigenvalue weighted by atomic mass is 79.9. The minimum Gasteiger partial charge on any atom is -0.467 e. The molecular weight excluding hydrogens is 286 g/mol. The molecule has 0 fully saturated rings. The normalized spacial score (nSPS) is 11.8. The molecule has 0 saturated carbocycles. The number of aryl methyl sites for hydroxylation is 1. The summed E-state index contributed by atoms with van der Waals surface area (Å²) in [5, 5.41) is 2.57. The van der Waals surface area contributed by atoms with E-state index in [0.717, 1.165) is 10.0 Å². The van der Waals surface area contributed by atoms with E-state index in [1.54, 1.807) is 19.1 Å². The molecule has 1 N–H and O–H groups in total. The summed E-state index contributed by atoms with van der Waals surface area (Å²) in [6.45, 7) is 3.47. The number of carbonyl (C=O) groups excluding carboxylic acids is 2. The first-order valence-electron chi connectivity index (χ1n) is 5.11. The highest BCUT2D eigenvalue weighted by molar-refractivity contribution is 9.10. The lowest BCUT2D eigenvalue weighted by molar-refractivity contribution is -0.142. The van der Waals surface area contributed by atoms with E-state index in [0.29, 0.717) is 5.56 Å². The number of halogens is 1. The number of carbonyl (C=O) groups is 2. The van der Waals surface area contributed by atoms with E-state index >= 15 is 0 Å². The van der Waals surface area contributed by atoms with Gasteiger partial charge >= 0.3 is 5.97 Å². The van der Waals surface area contributed by atoms with Gasteiger partial charge in [-0.25, -0.2) is 4.79 Å². The molecule has 1 aromatic carbocycles. The van der Waals surface area contributed by atoms with E-state index in [-0.39, 0.29) is 5.91 Å². The maximum Gasteiger partial charge on any atom is 0.328 e. The summed E-state index contributed by atoms with van der Waals surface area (Å²) in [5.74, 6) is -0.777. The van der Waals surface area contributed by atoms with Gasteiger partial charge in [0.2, 0.25) is 0 Å². The van der Waals surface area contributed by atoms with Crippen LogP contribution in [0.3, 0.4) is 0 Å². The molecule has 0 aliphatic rings. The van der Waals surface area contributed by atoms with Crippen molar-refractivity contribution in [2.75, 3.05) is 7.11 Å². The van der Waals surface area contributed by atoms with Crippen LogP contribution >= 0.6 is 15.9 Å². The van der Waals surface area contributed by atoms with Crippen molar-refractivity contribution in [3.63, 3.8) is 0 Å². The molecule has 1 aromatic rings. The fraction of sp³-hybridized carbons (Fsp3) is 0.333. The molecule has 1 rings (SSSR count). The molecule has 92 valence electrons. The van der Waals surface area contributed by atoms with Crippen molar-refractivity contribution < 1.29 is 14.3 Å². The summed E-state index contributed by atoms with van der Waals surface area (Å²) >= 11 is 3.35. The SMILES string of the molecule is COC(=O)[C@H](C)NC(=O)c1cccc(C)c1Br. The van der Waals surface area contributed by atoms with Gasteiger partial charge in [-0.1, -0.05) is 12.1 Å². The number of benzene rings is 1. The zero-order chi connectivity index (χ0) is 13.0. The Balaban J connectivity index is 2.84. The molecule has 0 unspecified atom stereocenters. The fourth-order valence-electron chi connectivity index (χ4n) is 1.33. The van der Waals surface area contributed by atoms with Gasteiger partial charge in [-0.3, -0.25) is 4.79 Å². The number of amides is 1. The van der Waals surface area contributed by atoms with E-state index in [1.807, 2.05) is 13.0 Å². The van der Waals surface area contributed by atoms with Crippen LogP contribution in [0.5, 0.6) is 0 Å². The van der Waals surface area contributed by atoms with Crippen molar-refractivity contribution in [1.29, 1.82) is 0 Å². The molecule has 0 bridgehead atoms. The second-order valence-corrected chi connectivity index (χ2v) is 4.45. The molecule has 0 saturated heterocycles. The van der Waals surface area contributed by atoms with Crippen molar-refractivity contribution in [3.05, 3.63) is 33.8 Å². The van der Waals surface area contributed by atoms with Crippen LogP contribution in [0.1, 0.15) is 22.8 Å². The lowest BCUT2D eigenvalue weighted by Gasteiger charge is -2.12. The Hall–Kier alpha value is -1.36. The highest BCUT2D eigenvalue weighted by Crippen LogP contribution is 2.20. The van der Waals surface area contributed by atoms with E-state index in [1.165, 1.54) is 7.11 Å². The maximum atomic E-state index is 11.9. The van der Waals surface area contributed by atoms with Crippen molar-refractivity contribution >= 4 is 27.8 Å². The molecule has 17 heavy (non-hydrogen) atoms. The Morgan fingerprint density at radius 1 is 1.41 bits per heavy atom. The van der Waals surface area contributed by atoms with E-state index in [9.17, 15) is 9.59 Å². The lowest BCUT2D eigenvalue weighted by Crippen LogP contribution is -2.39. The van der Waals surface area contributed by atoms with Crippen molar-refractivity contribution in [2.45, 2.75) is 19.9 Å². The van der Waals surface area contributed by atoms with Crippen LogP contribution in [0.15, 0.2) is 22.7 Å². The van der Waals surface area contributed by atoms with Crippen LogP contribution in [0, 0.1) is 6.92 Å². The Morgan fingerprint density at radius 3 is 2.65 bits per heavy atom. The van der Waals surface area contributed by atoms with Crippen LogP contribution < -0.4 is 5.32 Å². The van der Waals surface area contributed by atoms with Crippen molar-refractivity contribution in [3.8, 4) is 0 Å².